The number of thioether (sulfide) groups is 1. The predicted molar refractivity (Wildman–Crippen MR) is 82.7 cm³/mol. The van der Waals surface area contributed by atoms with Gasteiger partial charge in [0.15, 0.2) is 0 Å². The predicted octanol–water partition coefficient (Wildman–Crippen LogP) is 2.91. The van der Waals surface area contributed by atoms with Crippen molar-refractivity contribution in [1.82, 2.24) is 5.32 Å². The summed E-state index contributed by atoms with van der Waals surface area (Å²) in [5.74, 6) is 2.22. The number of amides is 1. The molecule has 2 heterocycles. The second kappa shape index (κ2) is 7.53. The van der Waals surface area contributed by atoms with Gasteiger partial charge in [0.25, 0.3) is 5.91 Å². The molecule has 2 rings (SSSR count). The van der Waals surface area contributed by atoms with Crippen LogP contribution in [0.3, 0.4) is 0 Å². The van der Waals surface area contributed by atoms with Gasteiger partial charge in [-0.1, -0.05) is 0 Å². The largest absolute Gasteiger partial charge is 0.383 e. The number of alkyl halides is 1. The molecule has 19 heavy (non-hydrogen) atoms. The van der Waals surface area contributed by atoms with E-state index >= 15 is 0 Å². The van der Waals surface area contributed by atoms with Crippen LogP contribution in [-0.4, -0.2) is 37.3 Å². The number of fused-ring (bicyclic) bond motifs is 1. The first-order valence-electron chi connectivity index (χ1n) is 6.31. The molecule has 6 heteroatoms. The lowest BCUT2D eigenvalue weighted by Gasteiger charge is -2.08. The molecule has 0 spiro atoms. The molecule has 1 atom stereocenters. The van der Waals surface area contributed by atoms with Gasteiger partial charge in [0.05, 0.1) is 16.9 Å². The smallest absolute Gasteiger partial charge is 0.261 e. The highest BCUT2D eigenvalue weighted by molar-refractivity contribution is 7.98. The van der Waals surface area contributed by atoms with Crippen LogP contribution in [-0.2, 0) is 16.9 Å². The number of nitrogens with one attached hydrogen (secondary N) is 1. The lowest BCUT2D eigenvalue weighted by atomic mass is 10.2. The Morgan fingerprint density at radius 3 is 3.21 bits per heavy atom. The third-order valence-electron chi connectivity index (χ3n) is 2.94. The number of carbonyl (C=O) groups excluding carboxylic acids is 1. The van der Waals surface area contributed by atoms with Gasteiger partial charge in [-0.05, 0) is 30.2 Å². The third-order valence-corrected chi connectivity index (χ3v) is 5.53. The van der Waals surface area contributed by atoms with Crippen LogP contribution >= 0.6 is 34.7 Å². The fraction of sp³-hybridized carbons (Fsp3) is 0.615. The zero-order valence-electron chi connectivity index (χ0n) is 10.9. The summed E-state index contributed by atoms with van der Waals surface area (Å²) >= 11 is 9.58. The monoisotopic (exact) mass is 319 g/mol. The Morgan fingerprint density at radius 2 is 2.47 bits per heavy atom. The minimum absolute atomic E-state index is 0.0192. The summed E-state index contributed by atoms with van der Waals surface area (Å²) in [6.07, 6.45) is 1.82. The number of methoxy groups -OCH3 is 1. The SMILES string of the molecule is COCC(Cl)CCNC(=O)c1cc2c(s1)CCSC2. The highest BCUT2D eigenvalue weighted by Gasteiger charge is 2.17. The van der Waals surface area contributed by atoms with Crippen molar-refractivity contribution < 1.29 is 9.53 Å². The van der Waals surface area contributed by atoms with Crippen LogP contribution < -0.4 is 5.32 Å². The van der Waals surface area contributed by atoms with Crippen molar-refractivity contribution in [3.8, 4) is 0 Å². The van der Waals surface area contributed by atoms with Gasteiger partial charge in [0.2, 0.25) is 0 Å². The average molecular weight is 320 g/mol. The van der Waals surface area contributed by atoms with Gasteiger partial charge < -0.3 is 10.1 Å². The summed E-state index contributed by atoms with van der Waals surface area (Å²) in [4.78, 5) is 14.2. The summed E-state index contributed by atoms with van der Waals surface area (Å²) in [6, 6.07) is 2.04. The van der Waals surface area contributed by atoms with Crippen molar-refractivity contribution in [2.45, 2.75) is 24.0 Å². The molecule has 1 aromatic rings. The third kappa shape index (κ3) is 4.38. The molecule has 0 bridgehead atoms. The van der Waals surface area contributed by atoms with Crippen molar-refractivity contribution in [1.29, 1.82) is 0 Å². The second-order valence-electron chi connectivity index (χ2n) is 4.46. The van der Waals surface area contributed by atoms with E-state index in [0.29, 0.717) is 13.2 Å². The molecule has 1 aliphatic heterocycles. The number of rotatable bonds is 6. The first-order valence-corrected chi connectivity index (χ1v) is 8.72. The number of aryl methyl sites for hydroxylation is 1. The van der Waals surface area contributed by atoms with Gasteiger partial charge in [-0.25, -0.2) is 0 Å². The Balaban J connectivity index is 1.81. The molecule has 0 aliphatic carbocycles. The van der Waals surface area contributed by atoms with Crippen molar-refractivity contribution >= 4 is 40.6 Å². The van der Waals surface area contributed by atoms with E-state index in [1.165, 1.54) is 16.2 Å². The molecule has 0 aromatic carbocycles. The summed E-state index contributed by atoms with van der Waals surface area (Å²) < 4.78 is 4.96. The normalized spacial score (nSPS) is 15.9. The van der Waals surface area contributed by atoms with Crippen molar-refractivity contribution in [3.63, 3.8) is 0 Å². The van der Waals surface area contributed by atoms with E-state index in [0.717, 1.165) is 23.5 Å². The molecule has 0 saturated carbocycles. The van der Waals surface area contributed by atoms with Crippen molar-refractivity contribution in [2.75, 3.05) is 26.0 Å². The van der Waals surface area contributed by atoms with E-state index in [-0.39, 0.29) is 11.3 Å². The maximum atomic E-state index is 12.0. The van der Waals surface area contributed by atoms with Crippen molar-refractivity contribution in [3.05, 3.63) is 21.4 Å². The van der Waals surface area contributed by atoms with Gasteiger partial charge in [-0.3, -0.25) is 4.79 Å². The Kier molecular flexibility index (Phi) is 6.01. The standard InChI is InChI=1S/C13H18ClNO2S2/c1-17-7-10(14)2-4-15-13(16)12-6-9-8-18-5-3-11(9)19-12/h6,10H,2-5,7-8H2,1H3,(H,15,16). The molecule has 0 saturated heterocycles. The molecule has 3 nitrogen and oxygen atoms in total. The Morgan fingerprint density at radius 1 is 1.63 bits per heavy atom. The average Bonchev–Trinajstić information content (AvgIpc) is 2.82. The number of thiophene rings is 1. The second-order valence-corrected chi connectivity index (χ2v) is 7.32. The maximum absolute atomic E-state index is 12.0. The first kappa shape index (κ1) is 15.2. The van der Waals surface area contributed by atoms with Crippen molar-refractivity contribution in [2.24, 2.45) is 0 Å². The molecule has 1 aliphatic rings. The van der Waals surface area contributed by atoms with Crippen LogP contribution in [0.5, 0.6) is 0 Å². The Labute approximate surface area is 127 Å². The molecular weight excluding hydrogens is 302 g/mol. The molecular formula is C13H18ClNO2S2. The molecule has 0 radical (unpaired) electrons. The summed E-state index contributed by atoms with van der Waals surface area (Å²) in [6.45, 7) is 1.11. The van der Waals surface area contributed by atoms with Gasteiger partial charge >= 0.3 is 0 Å². The topological polar surface area (TPSA) is 38.3 Å². The summed E-state index contributed by atoms with van der Waals surface area (Å²) in [5, 5.41) is 2.88. The number of carbonyl (C=O) groups is 1. The molecule has 1 aromatic heterocycles. The van der Waals surface area contributed by atoms with Crippen LogP contribution in [0, 0.1) is 0 Å². The first-order chi connectivity index (χ1) is 9.20. The van der Waals surface area contributed by atoms with E-state index < -0.39 is 0 Å². The number of halogens is 1. The highest BCUT2D eigenvalue weighted by Crippen LogP contribution is 2.31. The van der Waals surface area contributed by atoms with E-state index in [1.54, 1.807) is 18.4 Å². The Hall–Kier alpha value is -0.230. The van der Waals surface area contributed by atoms with E-state index in [9.17, 15) is 4.79 Å². The minimum Gasteiger partial charge on any atom is -0.383 e. The van der Waals surface area contributed by atoms with Gasteiger partial charge in [0.1, 0.15) is 0 Å². The zero-order chi connectivity index (χ0) is 13.7. The lowest BCUT2D eigenvalue weighted by Crippen LogP contribution is -2.26. The summed E-state index contributed by atoms with van der Waals surface area (Å²) in [5.41, 5.74) is 1.33. The van der Waals surface area contributed by atoms with Crippen LogP contribution in [0.15, 0.2) is 6.07 Å². The van der Waals surface area contributed by atoms with Crippen LogP contribution in [0.2, 0.25) is 0 Å². The molecule has 1 unspecified atom stereocenters. The van der Waals surface area contributed by atoms with E-state index in [4.69, 9.17) is 16.3 Å². The Bertz CT molecular complexity index is 413. The number of hydrogen-bond acceptors (Lipinski definition) is 4. The van der Waals surface area contributed by atoms with Crippen LogP contribution in [0.1, 0.15) is 26.5 Å². The summed E-state index contributed by atoms with van der Waals surface area (Å²) in [7, 11) is 1.63. The van der Waals surface area contributed by atoms with Gasteiger partial charge in [-0.15, -0.1) is 22.9 Å². The van der Waals surface area contributed by atoms with Crippen LogP contribution in [0.4, 0.5) is 0 Å². The number of hydrogen-bond donors (Lipinski definition) is 1. The molecule has 1 amide bonds. The minimum atomic E-state index is -0.0433. The van der Waals surface area contributed by atoms with Gasteiger partial charge in [0, 0.05) is 24.3 Å². The molecule has 106 valence electrons. The lowest BCUT2D eigenvalue weighted by molar-refractivity contribution is 0.0955. The maximum Gasteiger partial charge on any atom is 0.261 e. The van der Waals surface area contributed by atoms with Crippen LogP contribution in [0.25, 0.3) is 0 Å². The fourth-order valence-electron chi connectivity index (χ4n) is 1.95. The van der Waals surface area contributed by atoms with Gasteiger partial charge in [-0.2, -0.15) is 11.8 Å². The molecule has 0 fully saturated rings. The fourth-order valence-corrected chi connectivity index (χ4v) is 4.48. The quantitative estimate of drug-likeness (QED) is 0.819. The molecule has 1 N–H and O–H groups in total. The zero-order valence-corrected chi connectivity index (χ0v) is 13.3. The van der Waals surface area contributed by atoms with E-state index in [2.05, 4.69) is 5.32 Å². The van der Waals surface area contributed by atoms with E-state index in [1.807, 2.05) is 17.8 Å². The highest BCUT2D eigenvalue weighted by atomic mass is 35.5. The number of ether oxygens (including phenoxy) is 1.